The number of hydrogen-bond acceptors (Lipinski definition) is 7. The Morgan fingerprint density at radius 2 is 1.58 bits per heavy atom. The van der Waals surface area contributed by atoms with Gasteiger partial charge in [0.25, 0.3) is 5.91 Å². The van der Waals surface area contributed by atoms with E-state index in [1.54, 1.807) is 0 Å². The molecule has 9 nitrogen and oxygen atoms in total. The van der Waals surface area contributed by atoms with Crippen LogP contribution < -0.4 is 11.1 Å². The van der Waals surface area contributed by atoms with Crippen molar-refractivity contribution in [2.24, 2.45) is 17.6 Å². The summed E-state index contributed by atoms with van der Waals surface area (Å²) in [5, 5.41) is 11.7. The Morgan fingerprint density at radius 3 is 2.08 bits per heavy atom. The Balaban J connectivity index is 0.00000338. The van der Waals surface area contributed by atoms with Crippen LogP contribution in [-0.4, -0.2) is 27.0 Å². The molecule has 2 aromatic rings. The molecule has 0 saturated carbocycles. The molecule has 0 aliphatic carbocycles. The Morgan fingerprint density at radius 1 is 1.04 bits per heavy atom. The second-order valence-corrected chi connectivity index (χ2v) is 6.41. The van der Waals surface area contributed by atoms with Gasteiger partial charge in [0.1, 0.15) is 18.6 Å². The Bertz CT molecular complexity index is 755. The Labute approximate surface area is 156 Å². The van der Waals surface area contributed by atoms with E-state index in [0.717, 1.165) is 6.26 Å². The lowest BCUT2D eigenvalue weighted by atomic mass is 10.0. The summed E-state index contributed by atoms with van der Waals surface area (Å²) in [5.74, 6) is -1.27. The van der Waals surface area contributed by atoms with E-state index in [9.17, 15) is 9.59 Å². The SMILES string of the molecule is CC(C)[C@H](N)c1nc(C(=O)N[C@H](c2nc(C(=O)O)co2)C(C)C)co1.Cl. The first-order valence-electron chi connectivity index (χ1n) is 7.91. The molecule has 0 saturated heterocycles. The quantitative estimate of drug-likeness (QED) is 0.658. The molecule has 2 aromatic heterocycles. The van der Waals surface area contributed by atoms with Crippen LogP contribution >= 0.6 is 12.4 Å². The number of carbonyl (C=O) groups excluding carboxylic acids is 1. The summed E-state index contributed by atoms with van der Waals surface area (Å²) < 4.78 is 10.5. The van der Waals surface area contributed by atoms with E-state index in [0.29, 0.717) is 0 Å². The number of carboxylic acid groups (broad SMARTS) is 1. The van der Waals surface area contributed by atoms with Gasteiger partial charge in [-0.15, -0.1) is 12.4 Å². The molecule has 10 heteroatoms. The number of hydrogen-bond donors (Lipinski definition) is 3. The average Bonchev–Trinajstić information content (AvgIpc) is 3.20. The first-order chi connectivity index (χ1) is 11.7. The summed E-state index contributed by atoms with van der Waals surface area (Å²) in [6.07, 6.45) is 2.28. The lowest BCUT2D eigenvalue weighted by Gasteiger charge is -2.18. The standard InChI is InChI=1S/C16H22N4O5.ClH/c1-7(2)11(17)14-18-9(5-24-14)13(21)20-12(8(3)4)15-19-10(6-25-15)16(22)23;/h5-8,11-12H,17H2,1-4H3,(H,20,21)(H,22,23);1H/t11-,12-;/m0./s1. The van der Waals surface area contributed by atoms with E-state index in [1.165, 1.54) is 6.26 Å². The molecule has 2 heterocycles. The van der Waals surface area contributed by atoms with E-state index in [-0.39, 0.29) is 47.4 Å². The zero-order valence-corrected chi connectivity index (χ0v) is 15.7. The van der Waals surface area contributed by atoms with Crippen molar-refractivity contribution in [2.45, 2.75) is 39.8 Å². The number of oxazole rings is 2. The third kappa shape index (κ3) is 4.83. The number of amides is 1. The van der Waals surface area contributed by atoms with Gasteiger partial charge in [-0.2, -0.15) is 0 Å². The fourth-order valence-corrected chi connectivity index (χ4v) is 2.09. The molecule has 144 valence electrons. The van der Waals surface area contributed by atoms with Gasteiger partial charge in [0, 0.05) is 0 Å². The van der Waals surface area contributed by atoms with Crippen LogP contribution in [-0.2, 0) is 0 Å². The van der Waals surface area contributed by atoms with Crippen molar-refractivity contribution < 1.29 is 23.5 Å². The van der Waals surface area contributed by atoms with Crippen LogP contribution in [0.5, 0.6) is 0 Å². The summed E-state index contributed by atoms with van der Waals surface area (Å²) in [4.78, 5) is 31.4. The van der Waals surface area contributed by atoms with Crippen molar-refractivity contribution in [1.29, 1.82) is 0 Å². The zero-order valence-electron chi connectivity index (χ0n) is 14.9. The molecule has 0 aromatic carbocycles. The number of aromatic nitrogens is 2. The maximum absolute atomic E-state index is 12.4. The van der Waals surface area contributed by atoms with Crippen LogP contribution in [0.25, 0.3) is 0 Å². The molecule has 26 heavy (non-hydrogen) atoms. The maximum atomic E-state index is 12.4. The molecular weight excluding hydrogens is 364 g/mol. The zero-order chi connectivity index (χ0) is 18.7. The topological polar surface area (TPSA) is 144 Å². The lowest BCUT2D eigenvalue weighted by molar-refractivity contribution is 0.0690. The highest BCUT2D eigenvalue weighted by Crippen LogP contribution is 2.23. The van der Waals surface area contributed by atoms with Crippen LogP contribution in [0.1, 0.15) is 72.5 Å². The minimum atomic E-state index is -1.20. The first-order valence-corrected chi connectivity index (χ1v) is 7.91. The minimum absolute atomic E-state index is 0. The number of carboxylic acids is 1. The van der Waals surface area contributed by atoms with Crippen molar-refractivity contribution in [3.05, 3.63) is 35.7 Å². The molecule has 2 atom stereocenters. The van der Waals surface area contributed by atoms with Crippen molar-refractivity contribution in [3.63, 3.8) is 0 Å². The number of rotatable bonds is 7. The third-order valence-electron chi connectivity index (χ3n) is 3.72. The number of carbonyl (C=O) groups is 2. The minimum Gasteiger partial charge on any atom is -0.476 e. The fourth-order valence-electron chi connectivity index (χ4n) is 2.09. The van der Waals surface area contributed by atoms with Gasteiger partial charge < -0.3 is 25.0 Å². The van der Waals surface area contributed by atoms with Gasteiger partial charge in [-0.25, -0.2) is 14.8 Å². The number of halogens is 1. The van der Waals surface area contributed by atoms with Crippen LogP contribution in [0.3, 0.4) is 0 Å². The number of nitrogens with zero attached hydrogens (tertiary/aromatic N) is 2. The monoisotopic (exact) mass is 386 g/mol. The van der Waals surface area contributed by atoms with Gasteiger partial charge in [-0.1, -0.05) is 27.7 Å². The number of aromatic carboxylic acids is 1. The van der Waals surface area contributed by atoms with E-state index in [2.05, 4.69) is 15.3 Å². The predicted molar refractivity (Wildman–Crippen MR) is 94.0 cm³/mol. The first kappa shape index (κ1) is 21.7. The molecular formula is C16H23ClN4O5. The van der Waals surface area contributed by atoms with E-state index >= 15 is 0 Å². The van der Waals surface area contributed by atoms with Crippen molar-refractivity contribution in [3.8, 4) is 0 Å². The van der Waals surface area contributed by atoms with Gasteiger partial charge in [0.2, 0.25) is 11.8 Å². The van der Waals surface area contributed by atoms with Crippen LogP contribution in [0, 0.1) is 11.8 Å². The van der Waals surface area contributed by atoms with E-state index in [4.69, 9.17) is 19.7 Å². The second kappa shape index (κ2) is 8.81. The summed E-state index contributed by atoms with van der Waals surface area (Å²) in [5.41, 5.74) is 5.82. The normalized spacial score (nSPS) is 13.3. The summed E-state index contributed by atoms with van der Waals surface area (Å²) in [6.45, 7) is 7.54. The molecule has 0 aliphatic heterocycles. The van der Waals surface area contributed by atoms with Crippen LogP contribution in [0.2, 0.25) is 0 Å². The largest absolute Gasteiger partial charge is 0.476 e. The molecule has 4 N–H and O–H groups in total. The van der Waals surface area contributed by atoms with Gasteiger partial charge in [-0.05, 0) is 11.8 Å². The highest BCUT2D eigenvalue weighted by atomic mass is 35.5. The molecule has 0 radical (unpaired) electrons. The molecule has 2 rings (SSSR count). The second-order valence-electron chi connectivity index (χ2n) is 6.41. The molecule has 0 aliphatic rings. The summed E-state index contributed by atoms with van der Waals surface area (Å²) >= 11 is 0. The fraction of sp³-hybridized carbons (Fsp3) is 0.500. The Kier molecular flexibility index (Phi) is 7.34. The number of nitrogens with one attached hydrogen (secondary N) is 1. The molecule has 1 amide bonds. The molecule has 0 spiro atoms. The smallest absolute Gasteiger partial charge is 0.357 e. The van der Waals surface area contributed by atoms with Crippen molar-refractivity contribution >= 4 is 24.3 Å². The van der Waals surface area contributed by atoms with E-state index in [1.807, 2.05) is 27.7 Å². The molecule has 0 bridgehead atoms. The summed E-state index contributed by atoms with van der Waals surface area (Å²) in [7, 11) is 0. The van der Waals surface area contributed by atoms with Gasteiger partial charge in [0.15, 0.2) is 11.4 Å². The highest BCUT2D eigenvalue weighted by molar-refractivity contribution is 5.92. The molecule has 0 unspecified atom stereocenters. The molecule has 0 fully saturated rings. The highest BCUT2D eigenvalue weighted by Gasteiger charge is 2.27. The Hall–Kier alpha value is -2.39. The van der Waals surface area contributed by atoms with Crippen LogP contribution in [0.4, 0.5) is 0 Å². The predicted octanol–water partition coefficient (Wildman–Crippen LogP) is 2.57. The summed E-state index contributed by atoms with van der Waals surface area (Å²) in [6, 6.07) is -1.02. The number of nitrogens with two attached hydrogens (primary N) is 1. The van der Waals surface area contributed by atoms with Gasteiger partial charge >= 0.3 is 5.97 Å². The maximum Gasteiger partial charge on any atom is 0.357 e. The lowest BCUT2D eigenvalue weighted by Crippen LogP contribution is -2.32. The van der Waals surface area contributed by atoms with E-state index < -0.39 is 24.0 Å². The third-order valence-corrected chi connectivity index (χ3v) is 3.72. The average molecular weight is 387 g/mol. The van der Waals surface area contributed by atoms with Crippen molar-refractivity contribution in [1.82, 2.24) is 15.3 Å². The van der Waals surface area contributed by atoms with Crippen molar-refractivity contribution in [2.75, 3.05) is 0 Å². The van der Waals surface area contributed by atoms with Crippen LogP contribution in [0.15, 0.2) is 21.4 Å². The van der Waals surface area contributed by atoms with Gasteiger partial charge in [0.05, 0.1) is 6.04 Å². The van der Waals surface area contributed by atoms with Gasteiger partial charge in [-0.3, -0.25) is 4.79 Å².